The van der Waals surface area contributed by atoms with Crippen molar-refractivity contribution in [3.05, 3.63) is 29.8 Å². The monoisotopic (exact) mass is 1640 g/mol. The Labute approximate surface area is 684 Å². The molecule has 0 aliphatic heterocycles. The van der Waals surface area contributed by atoms with E-state index in [0.717, 1.165) is 0 Å². The van der Waals surface area contributed by atoms with Crippen LogP contribution in [0.25, 0.3) is 0 Å². The summed E-state index contributed by atoms with van der Waals surface area (Å²) < 4.78 is 0. The first kappa shape index (κ1) is 104. The number of phenolic OH excluding ortho intramolecular Hbond substituents is 1. The van der Waals surface area contributed by atoms with E-state index in [0.29, 0.717) is 12.0 Å². The van der Waals surface area contributed by atoms with Crippen molar-refractivity contribution in [2.24, 2.45) is 65.1 Å². The van der Waals surface area contributed by atoms with Crippen LogP contribution in [0.5, 0.6) is 5.75 Å². The van der Waals surface area contributed by atoms with Crippen molar-refractivity contribution in [1.29, 1.82) is 0 Å². The van der Waals surface area contributed by atoms with Gasteiger partial charge in [0.05, 0.1) is 12.2 Å². The summed E-state index contributed by atoms with van der Waals surface area (Å²) in [4.78, 5) is 222. The van der Waals surface area contributed by atoms with E-state index in [2.05, 4.69) is 79.8 Å². The topological polar surface area (TPSA) is 534 Å². The highest BCUT2D eigenvalue weighted by Gasteiger charge is 2.42. The Morgan fingerprint density at radius 2 is 0.491 bits per heavy atom. The Kier molecular flexibility index (Phi) is 45.2. The molecular formula is C81H139N15O20. The minimum absolute atomic E-state index is 0.0144. The number of nitrogens with one attached hydrogen (secondary N) is 15. The van der Waals surface area contributed by atoms with Crippen LogP contribution in [0.4, 0.5) is 0 Å². The van der Waals surface area contributed by atoms with Crippen LogP contribution in [-0.4, -0.2) is 218 Å². The maximum Gasteiger partial charge on any atom is 0.326 e. The molecule has 15 amide bonds. The van der Waals surface area contributed by atoms with Gasteiger partial charge in [-0.15, -0.1) is 0 Å². The third-order valence-corrected chi connectivity index (χ3v) is 19.0. The number of aliphatic hydroxyl groups excluding tert-OH is 2. The lowest BCUT2D eigenvalue weighted by molar-refractivity contribution is -0.144. The predicted molar refractivity (Wildman–Crippen MR) is 435 cm³/mol. The highest BCUT2D eigenvalue weighted by molar-refractivity contribution is 6.01. The van der Waals surface area contributed by atoms with Crippen LogP contribution in [0.2, 0.25) is 0 Å². The summed E-state index contributed by atoms with van der Waals surface area (Å²) in [6.07, 6.45) is -2.72. The van der Waals surface area contributed by atoms with Gasteiger partial charge in [-0.1, -0.05) is 164 Å². The number of benzene rings is 1. The number of aromatic hydroxyl groups is 1. The highest BCUT2D eigenvalue weighted by Crippen LogP contribution is 2.19. The van der Waals surface area contributed by atoms with Crippen LogP contribution >= 0.6 is 0 Å². The molecule has 17 atom stereocenters. The standard InChI is InChI=1S/C81H139N15O20/c1-37(2)30-53(82-36-97)68(102)83-48(23)67(101)84-54(31-38(3)4)70(104)89-59(42(11)12)74(108)88-58(35-51-26-28-52(100)29-27-51)69(103)85-55(32-39(5)6)71(105)91-63(46(19)20)78(112)96-66(50(25)99)80(114)93-60(43(13)14)75(109)86-56(33-40(7)8)72(106)92-62(45(17)18)77(111)95-65(49(24)98)79(113)87-57(34-41(9)10)73(107)90-61(44(15)16)76(110)94-64(47(21)22)81(115)116/h26-29,36-50,53-66,98-100H,30-35H2,1-25H3,(H,82,97)(H,83,102)(H,84,101)(H,85,103)(H,86,109)(H,87,113)(H,88,108)(H,89,104)(H,90,107)(H,91,105)(H,92,106)(H,93,114)(H,94,110)(H,95,111)(H,96,112)(H,115,116). The van der Waals surface area contributed by atoms with E-state index in [9.17, 15) is 97.1 Å². The fourth-order valence-corrected chi connectivity index (χ4v) is 12.4. The van der Waals surface area contributed by atoms with Crippen LogP contribution in [0, 0.1) is 65.1 Å². The summed E-state index contributed by atoms with van der Waals surface area (Å²) in [5.41, 5.74) is 0.448. The number of aliphatic hydroxyl groups is 2. The quantitative estimate of drug-likeness (QED) is 0.0402. The lowest BCUT2D eigenvalue weighted by atomic mass is 9.97. The van der Waals surface area contributed by atoms with E-state index in [1.54, 1.807) is 138 Å². The fraction of sp³-hybridized carbons (Fsp3) is 0.728. The number of rotatable bonds is 51. The van der Waals surface area contributed by atoms with Crippen molar-refractivity contribution < 1.29 is 97.1 Å². The molecule has 0 aromatic heterocycles. The number of aliphatic carboxylic acids is 1. The largest absolute Gasteiger partial charge is 0.508 e. The zero-order chi connectivity index (χ0) is 89.4. The molecule has 116 heavy (non-hydrogen) atoms. The molecule has 1 aromatic carbocycles. The molecule has 1 rings (SSSR count). The third kappa shape index (κ3) is 36.3. The summed E-state index contributed by atoms with van der Waals surface area (Å²) in [5, 5.41) is 81.1. The maximum atomic E-state index is 14.8. The van der Waals surface area contributed by atoms with Gasteiger partial charge in [-0.25, -0.2) is 4.79 Å². The van der Waals surface area contributed by atoms with Gasteiger partial charge < -0.3 is 100 Å². The number of phenols is 1. The SMILES string of the molecule is CC(C)CC(NC=O)C(=O)NC(C)C(=O)NC(CC(C)C)C(=O)NC(C(=O)NC(Cc1ccc(O)cc1)C(=O)NC(CC(C)C)C(=O)NC(C(=O)NC(C(=O)NC(C(=O)NC(CC(C)C)C(=O)NC(C(=O)NC(C(=O)NC(CC(C)C)C(=O)NC(C(=O)NC(C(=O)O)C(C)C)C(C)C)C(C)O)C(C)C)C(C)C)C(C)O)C(C)C)C(C)C. The van der Waals surface area contributed by atoms with Crippen LogP contribution < -0.4 is 79.8 Å². The second kappa shape index (κ2) is 50.2. The van der Waals surface area contributed by atoms with Crippen molar-refractivity contribution in [1.82, 2.24) is 79.8 Å². The molecule has 0 saturated heterocycles. The molecule has 0 bridgehead atoms. The summed E-state index contributed by atoms with van der Waals surface area (Å²) in [5.74, 6) is -18.2. The zero-order valence-electron chi connectivity index (χ0n) is 72.6. The number of carbonyl (C=O) groups is 16. The number of carboxylic acids is 1. The minimum Gasteiger partial charge on any atom is -0.508 e. The summed E-state index contributed by atoms with van der Waals surface area (Å²) in [7, 11) is 0. The zero-order valence-corrected chi connectivity index (χ0v) is 72.6. The van der Waals surface area contributed by atoms with Gasteiger partial charge in [0, 0.05) is 6.42 Å². The van der Waals surface area contributed by atoms with Gasteiger partial charge in [0.2, 0.25) is 89.1 Å². The second-order valence-electron chi connectivity index (χ2n) is 34.6. The van der Waals surface area contributed by atoms with Crippen molar-refractivity contribution in [3.8, 4) is 5.75 Å². The molecule has 0 spiro atoms. The van der Waals surface area contributed by atoms with Crippen LogP contribution in [0.3, 0.4) is 0 Å². The van der Waals surface area contributed by atoms with E-state index in [4.69, 9.17) is 0 Å². The first-order valence-corrected chi connectivity index (χ1v) is 40.5. The van der Waals surface area contributed by atoms with Gasteiger partial charge in [0.15, 0.2) is 0 Å². The lowest BCUT2D eigenvalue weighted by Gasteiger charge is -2.31. The lowest BCUT2D eigenvalue weighted by Crippen LogP contribution is -2.64. The third-order valence-electron chi connectivity index (χ3n) is 19.0. The van der Waals surface area contributed by atoms with Gasteiger partial charge in [0.1, 0.15) is 96.4 Å². The van der Waals surface area contributed by atoms with Crippen molar-refractivity contribution >= 4 is 95.1 Å². The molecule has 0 radical (unpaired) electrons. The maximum absolute atomic E-state index is 14.8. The summed E-state index contributed by atoms with van der Waals surface area (Å²) >= 11 is 0. The van der Waals surface area contributed by atoms with E-state index in [1.165, 1.54) is 45.0 Å². The Hall–Kier alpha value is -9.54. The first-order valence-electron chi connectivity index (χ1n) is 40.5. The molecule has 35 heteroatoms. The van der Waals surface area contributed by atoms with E-state index in [-0.39, 0.29) is 73.9 Å². The fourth-order valence-electron chi connectivity index (χ4n) is 12.4. The average molecular weight is 1640 g/mol. The van der Waals surface area contributed by atoms with Crippen LogP contribution in [0.1, 0.15) is 211 Å². The molecule has 0 saturated carbocycles. The number of hydrogen-bond donors (Lipinski definition) is 19. The van der Waals surface area contributed by atoms with Gasteiger partial charge in [-0.3, -0.25) is 71.9 Å². The second-order valence-corrected chi connectivity index (χ2v) is 34.6. The molecular weight excluding hydrogens is 1500 g/mol. The van der Waals surface area contributed by atoms with Gasteiger partial charge in [-0.2, -0.15) is 0 Å². The normalized spacial score (nSPS) is 16.1. The van der Waals surface area contributed by atoms with Crippen molar-refractivity contribution in [2.45, 2.75) is 314 Å². The molecule has 1 aromatic rings. The molecule has 19 N–H and O–H groups in total. The smallest absolute Gasteiger partial charge is 0.326 e. The van der Waals surface area contributed by atoms with Crippen LogP contribution in [-0.2, 0) is 83.1 Å². The summed E-state index contributed by atoms with van der Waals surface area (Å²) in [6, 6.07) is -14.9. The number of carboxylic acid groups (broad SMARTS) is 1. The molecule has 0 fully saturated rings. The molecule has 0 aliphatic rings. The molecule has 658 valence electrons. The molecule has 0 heterocycles. The number of hydrogen-bond acceptors (Lipinski definition) is 19. The number of amides is 15. The Balaban J connectivity index is 3.59. The Morgan fingerprint density at radius 1 is 0.276 bits per heavy atom. The van der Waals surface area contributed by atoms with Gasteiger partial charge >= 0.3 is 5.97 Å². The average Bonchev–Trinajstić information content (AvgIpc) is 0.807. The van der Waals surface area contributed by atoms with Crippen molar-refractivity contribution in [2.75, 3.05) is 0 Å². The Morgan fingerprint density at radius 3 is 0.767 bits per heavy atom. The van der Waals surface area contributed by atoms with E-state index >= 15 is 0 Å². The Bertz CT molecular complexity index is 3430. The van der Waals surface area contributed by atoms with E-state index < -0.39 is 227 Å². The highest BCUT2D eigenvalue weighted by atomic mass is 16.4. The minimum atomic E-state index is -1.79. The van der Waals surface area contributed by atoms with Gasteiger partial charge in [-0.05, 0) is 136 Å². The number of carbonyl (C=O) groups excluding carboxylic acids is 15. The molecule has 35 nitrogen and oxygen atoms in total. The molecule has 0 aliphatic carbocycles. The van der Waals surface area contributed by atoms with Gasteiger partial charge in [0.25, 0.3) is 0 Å². The summed E-state index contributed by atoms with van der Waals surface area (Å²) in [6.45, 7) is 40.9. The predicted octanol–water partition coefficient (Wildman–Crippen LogP) is 0.869. The first-order chi connectivity index (χ1) is 53.6. The van der Waals surface area contributed by atoms with Crippen LogP contribution in [0.15, 0.2) is 24.3 Å². The molecule has 17 unspecified atom stereocenters. The van der Waals surface area contributed by atoms with Crippen molar-refractivity contribution in [3.63, 3.8) is 0 Å². The van der Waals surface area contributed by atoms with E-state index in [1.807, 2.05) is 13.8 Å².